The van der Waals surface area contributed by atoms with Crippen molar-refractivity contribution >= 4 is 11.8 Å². The largest absolute Gasteiger partial charge is 0.486 e. The van der Waals surface area contributed by atoms with Crippen LogP contribution in [0, 0.1) is 5.41 Å². The number of carbonyl (C=O) groups excluding carboxylic acids is 2. The molecular weight excluding hydrogens is 490 g/mol. The molecule has 7 nitrogen and oxygen atoms in total. The van der Waals surface area contributed by atoms with Gasteiger partial charge in [0, 0.05) is 25.0 Å². The number of benzene rings is 2. The van der Waals surface area contributed by atoms with Crippen LogP contribution in [0.5, 0.6) is 5.75 Å². The third-order valence-electron chi connectivity index (χ3n) is 7.54. The zero-order valence-electron chi connectivity index (χ0n) is 23.2. The second-order valence-electron chi connectivity index (χ2n) is 11.5. The van der Waals surface area contributed by atoms with Crippen LogP contribution in [0.25, 0.3) is 0 Å². The first-order chi connectivity index (χ1) is 18.8. The first-order valence-corrected chi connectivity index (χ1v) is 14.0. The lowest BCUT2D eigenvalue weighted by atomic mass is 9.85. The van der Waals surface area contributed by atoms with E-state index in [4.69, 9.17) is 9.15 Å². The van der Waals surface area contributed by atoms with Crippen molar-refractivity contribution in [1.29, 1.82) is 0 Å². The van der Waals surface area contributed by atoms with Crippen molar-refractivity contribution < 1.29 is 18.7 Å². The number of carbonyl (C=O) groups is 2. The van der Waals surface area contributed by atoms with Crippen molar-refractivity contribution in [3.05, 3.63) is 88.9 Å². The molecule has 206 valence electrons. The maximum atomic E-state index is 13.4. The summed E-state index contributed by atoms with van der Waals surface area (Å²) < 4.78 is 11.9. The summed E-state index contributed by atoms with van der Waals surface area (Å²) in [5.41, 5.74) is 2.91. The Morgan fingerprint density at radius 2 is 1.77 bits per heavy atom. The zero-order valence-corrected chi connectivity index (χ0v) is 23.2. The standard InChI is InChI=1S/C32H39N3O4/c1-32(2,3)31(37)35-19-15-23-11-12-25(21-27(23)29(35)24-9-5-4-6-10-24)38-22-26-13-14-28(39-26)30(36)33-16-20-34-17-7-8-18-34/h4-6,9-14,21,29H,7-8,15-20,22H2,1-3H3,(H,33,36)/t29-/m0/s1. The molecule has 3 aromatic rings. The highest BCUT2D eigenvalue weighted by Crippen LogP contribution is 2.39. The number of amides is 2. The van der Waals surface area contributed by atoms with Crippen molar-refractivity contribution in [2.45, 2.75) is 52.7 Å². The van der Waals surface area contributed by atoms with Crippen LogP contribution < -0.4 is 10.1 Å². The summed E-state index contributed by atoms with van der Waals surface area (Å²) in [6.45, 7) is 10.5. The van der Waals surface area contributed by atoms with Crippen molar-refractivity contribution in [3.63, 3.8) is 0 Å². The summed E-state index contributed by atoms with van der Waals surface area (Å²) in [4.78, 5) is 30.3. The van der Waals surface area contributed by atoms with Crippen LogP contribution in [0.3, 0.4) is 0 Å². The summed E-state index contributed by atoms with van der Waals surface area (Å²) in [7, 11) is 0. The van der Waals surface area contributed by atoms with Gasteiger partial charge in [0.1, 0.15) is 18.1 Å². The lowest BCUT2D eigenvalue weighted by Crippen LogP contribution is -2.45. The van der Waals surface area contributed by atoms with E-state index in [1.165, 1.54) is 18.4 Å². The highest BCUT2D eigenvalue weighted by atomic mass is 16.5. The molecule has 1 atom stereocenters. The molecule has 0 saturated carbocycles. The highest BCUT2D eigenvalue weighted by molar-refractivity contribution is 5.91. The number of nitrogens with one attached hydrogen (secondary N) is 1. The molecule has 0 spiro atoms. The number of hydrogen-bond donors (Lipinski definition) is 1. The Morgan fingerprint density at radius 1 is 1.00 bits per heavy atom. The monoisotopic (exact) mass is 529 g/mol. The minimum atomic E-state index is -0.476. The van der Waals surface area contributed by atoms with Crippen LogP contribution in [-0.2, 0) is 17.8 Å². The molecule has 1 fully saturated rings. The summed E-state index contributed by atoms with van der Waals surface area (Å²) in [6.07, 6.45) is 3.27. The van der Waals surface area contributed by atoms with E-state index in [1.807, 2.05) is 56.0 Å². The Labute approximate surface area is 231 Å². The molecule has 0 radical (unpaired) electrons. The van der Waals surface area contributed by atoms with Crippen LogP contribution in [0.2, 0.25) is 0 Å². The first-order valence-electron chi connectivity index (χ1n) is 14.0. The van der Waals surface area contributed by atoms with Crippen LogP contribution in [-0.4, -0.2) is 54.3 Å². The van der Waals surface area contributed by atoms with Crippen LogP contribution >= 0.6 is 0 Å². The highest BCUT2D eigenvalue weighted by Gasteiger charge is 2.37. The molecule has 0 bridgehead atoms. The van der Waals surface area contributed by atoms with Crippen molar-refractivity contribution in [2.24, 2.45) is 5.41 Å². The quantitative estimate of drug-likeness (QED) is 0.434. The van der Waals surface area contributed by atoms with Gasteiger partial charge in [0.25, 0.3) is 5.91 Å². The van der Waals surface area contributed by atoms with Gasteiger partial charge in [-0.1, -0.05) is 57.2 Å². The van der Waals surface area contributed by atoms with Gasteiger partial charge in [-0.3, -0.25) is 9.59 Å². The van der Waals surface area contributed by atoms with Crippen molar-refractivity contribution in [2.75, 3.05) is 32.7 Å². The van der Waals surface area contributed by atoms with Gasteiger partial charge in [0.2, 0.25) is 5.91 Å². The molecule has 1 aromatic heterocycles. The summed E-state index contributed by atoms with van der Waals surface area (Å²) in [5.74, 6) is 1.51. The van der Waals surface area contributed by atoms with Crippen molar-refractivity contribution in [1.82, 2.24) is 15.1 Å². The number of furan rings is 1. The van der Waals surface area contributed by atoms with E-state index in [9.17, 15) is 9.59 Å². The molecule has 0 unspecified atom stereocenters. The molecule has 1 saturated heterocycles. The number of rotatable bonds is 8. The van der Waals surface area contributed by atoms with Gasteiger partial charge in [-0.2, -0.15) is 0 Å². The third kappa shape index (κ3) is 6.36. The van der Waals surface area contributed by atoms with Crippen LogP contribution in [0.15, 0.2) is 65.1 Å². The average Bonchev–Trinajstić information content (AvgIpc) is 3.63. The van der Waals surface area contributed by atoms with E-state index in [2.05, 4.69) is 28.4 Å². The summed E-state index contributed by atoms with van der Waals surface area (Å²) in [5, 5.41) is 2.94. The van der Waals surface area contributed by atoms with E-state index in [1.54, 1.807) is 12.1 Å². The lowest BCUT2D eigenvalue weighted by molar-refractivity contribution is -0.141. The molecule has 0 aliphatic carbocycles. The number of likely N-dealkylation sites (tertiary alicyclic amines) is 1. The molecule has 5 rings (SSSR count). The van der Waals surface area contributed by atoms with Gasteiger partial charge in [-0.05, 0) is 73.3 Å². The van der Waals surface area contributed by atoms with Gasteiger partial charge >= 0.3 is 0 Å². The van der Waals surface area contributed by atoms with E-state index >= 15 is 0 Å². The van der Waals surface area contributed by atoms with E-state index in [0.29, 0.717) is 30.4 Å². The normalized spacial score (nSPS) is 17.6. The SMILES string of the molecule is CC(C)(C)C(=O)N1CCc2ccc(OCc3ccc(C(=O)NCCN4CCCC4)o3)cc2[C@@H]1c1ccccc1. The Morgan fingerprint density at radius 3 is 2.51 bits per heavy atom. The Bertz CT molecular complexity index is 1290. The molecule has 39 heavy (non-hydrogen) atoms. The minimum Gasteiger partial charge on any atom is -0.486 e. The molecule has 7 heteroatoms. The fourth-order valence-corrected chi connectivity index (χ4v) is 5.48. The van der Waals surface area contributed by atoms with Crippen molar-refractivity contribution in [3.8, 4) is 5.75 Å². The molecular formula is C32H39N3O4. The third-order valence-corrected chi connectivity index (χ3v) is 7.54. The predicted molar refractivity (Wildman–Crippen MR) is 151 cm³/mol. The second kappa shape index (κ2) is 11.7. The van der Waals surface area contributed by atoms with Gasteiger partial charge in [0.05, 0.1) is 6.04 Å². The van der Waals surface area contributed by atoms with Gasteiger partial charge in [-0.15, -0.1) is 0 Å². The smallest absolute Gasteiger partial charge is 0.287 e. The second-order valence-corrected chi connectivity index (χ2v) is 11.5. The first kappa shape index (κ1) is 27.0. The lowest BCUT2D eigenvalue weighted by Gasteiger charge is -2.41. The Hall–Kier alpha value is -3.58. The fourth-order valence-electron chi connectivity index (χ4n) is 5.48. The van der Waals surface area contributed by atoms with Gasteiger partial charge in [0.15, 0.2) is 5.76 Å². The molecule has 2 aliphatic rings. The Kier molecular flexibility index (Phi) is 8.07. The fraction of sp³-hybridized carbons (Fsp3) is 0.438. The van der Waals surface area contributed by atoms with E-state index < -0.39 is 5.41 Å². The van der Waals surface area contributed by atoms with Gasteiger partial charge in [-0.25, -0.2) is 0 Å². The molecule has 3 heterocycles. The maximum Gasteiger partial charge on any atom is 0.287 e. The van der Waals surface area contributed by atoms with E-state index in [0.717, 1.165) is 37.2 Å². The van der Waals surface area contributed by atoms with Crippen LogP contribution in [0.4, 0.5) is 0 Å². The molecule has 2 amide bonds. The average molecular weight is 530 g/mol. The molecule has 2 aliphatic heterocycles. The number of hydrogen-bond acceptors (Lipinski definition) is 5. The van der Waals surface area contributed by atoms with Gasteiger partial charge < -0.3 is 24.3 Å². The predicted octanol–water partition coefficient (Wildman–Crippen LogP) is 5.20. The van der Waals surface area contributed by atoms with E-state index in [-0.39, 0.29) is 24.5 Å². The zero-order chi connectivity index (χ0) is 27.4. The Balaban J connectivity index is 1.27. The molecule has 1 N–H and O–H groups in total. The number of fused-ring (bicyclic) bond motifs is 1. The molecule has 2 aromatic carbocycles. The number of nitrogens with zero attached hydrogens (tertiary/aromatic N) is 2. The van der Waals surface area contributed by atoms with Crippen LogP contribution in [0.1, 0.15) is 72.7 Å². The minimum absolute atomic E-state index is 0.134. The number of ether oxygens (including phenoxy) is 1. The summed E-state index contributed by atoms with van der Waals surface area (Å²) >= 11 is 0. The summed E-state index contributed by atoms with van der Waals surface area (Å²) in [6, 6.07) is 19.6. The topological polar surface area (TPSA) is 75.0 Å². The maximum absolute atomic E-state index is 13.4.